The highest BCUT2D eigenvalue weighted by atomic mass is 19.4. The number of carbonyl (C=O) groups is 2. The summed E-state index contributed by atoms with van der Waals surface area (Å²) < 4.78 is 39.4. The van der Waals surface area contributed by atoms with E-state index in [-0.39, 0.29) is 35.5 Å². The van der Waals surface area contributed by atoms with Crippen molar-refractivity contribution < 1.29 is 22.8 Å². The molecule has 1 aliphatic heterocycles. The molecule has 1 atom stereocenters. The van der Waals surface area contributed by atoms with Crippen molar-refractivity contribution in [3.05, 3.63) is 53.2 Å². The average Bonchev–Trinajstić information content (AvgIpc) is 3.49. The molecule has 176 valence electrons. The molecule has 1 aromatic carbocycles. The Labute approximate surface area is 189 Å². The van der Waals surface area contributed by atoms with E-state index in [2.05, 4.69) is 20.8 Å². The Hall–Kier alpha value is -3.17. The summed E-state index contributed by atoms with van der Waals surface area (Å²) in [6.45, 7) is 1.39. The van der Waals surface area contributed by atoms with Crippen molar-refractivity contribution in [2.45, 2.75) is 38.4 Å². The lowest BCUT2D eigenvalue weighted by Gasteiger charge is -2.17. The van der Waals surface area contributed by atoms with Gasteiger partial charge in [-0.25, -0.2) is 0 Å². The van der Waals surface area contributed by atoms with Gasteiger partial charge in [0, 0.05) is 26.2 Å². The fraction of sp³-hybridized carbons (Fsp3) is 0.478. The van der Waals surface area contributed by atoms with E-state index in [1.54, 1.807) is 12.1 Å². The largest absolute Gasteiger partial charge is 0.416 e. The maximum atomic E-state index is 13.1. The Kier molecular flexibility index (Phi) is 6.80. The van der Waals surface area contributed by atoms with Crippen molar-refractivity contribution in [2.75, 3.05) is 24.5 Å². The van der Waals surface area contributed by atoms with E-state index in [9.17, 15) is 22.8 Å². The summed E-state index contributed by atoms with van der Waals surface area (Å²) in [6, 6.07) is 8.52. The van der Waals surface area contributed by atoms with Crippen molar-refractivity contribution >= 4 is 17.6 Å². The van der Waals surface area contributed by atoms with Crippen LogP contribution in [0.5, 0.6) is 0 Å². The predicted molar refractivity (Wildman–Crippen MR) is 115 cm³/mol. The van der Waals surface area contributed by atoms with Gasteiger partial charge in [0.2, 0.25) is 5.91 Å². The second-order valence-electron chi connectivity index (χ2n) is 8.57. The summed E-state index contributed by atoms with van der Waals surface area (Å²) in [5.41, 5.74) is -0.471. The zero-order valence-corrected chi connectivity index (χ0v) is 18.1. The monoisotopic (exact) mass is 461 g/mol. The number of hydrogen-bond acceptors (Lipinski definition) is 5. The topological polar surface area (TPSA) is 87.2 Å². The third kappa shape index (κ3) is 6.00. The van der Waals surface area contributed by atoms with Crippen molar-refractivity contribution in [1.29, 1.82) is 0 Å². The minimum absolute atomic E-state index is 0.0325. The van der Waals surface area contributed by atoms with Crippen molar-refractivity contribution in [3.63, 3.8) is 0 Å². The summed E-state index contributed by atoms with van der Waals surface area (Å²) in [7, 11) is 0. The summed E-state index contributed by atoms with van der Waals surface area (Å²) in [6.07, 6.45) is -0.460. The van der Waals surface area contributed by atoms with Crippen LogP contribution in [0.25, 0.3) is 0 Å². The normalized spacial score (nSPS) is 18.3. The molecule has 4 rings (SSSR count). The molecule has 0 bridgehead atoms. The van der Waals surface area contributed by atoms with Gasteiger partial charge in [0.05, 0.1) is 11.5 Å². The SMILES string of the molecule is O=C(NCCC1CC1)c1ccc(N2CCC(C(=O)NCc3ccccc3C(F)(F)F)C2)nn1. The van der Waals surface area contributed by atoms with E-state index in [1.165, 1.54) is 31.0 Å². The van der Waals surface area contributed by atoms with E-state index >= 15 is 0 Å². The Morgan fingerprint density at radius 3 is 2.52 bits per heavy atom. The summed E-state index contributed by atoms with van der Waals surface area (Å²) in [5, 5.41) is 13.6. The average molecular weight is 461 g/mol. The number of benzene rings is 1. The first-order valence-corrected chi connectivity index (χ1v) is 11.1. The van der Waals surface area contributed by atoms with Crippen molar-refractivity contribution in [2.24, 2.45) is 11.8 Å². The van der Waals surface area contributed by atoms with Gasteiger partial charge in [0.1, 0.15) is 0 Å². The molecule has 0 spiro atoms. The zero-order chi connectivity index (χ0) is 23.4. The Bertz CT molecular complexity index is 992. The third-order valence-corrected chi connectivity index (χ3v) is 6.08. The van der Waals surface area contributed by atoms with Crippen LogP contribution in [0.1, 0.15) is 47.3 Å². The quantitative estimate of drug-likeness (QED) is 0.631. The number of hydrogen-bond donors (Lipinski definition) is 2. The van der Waals surface area contributed by atoms with E-state index in [0.29, 0.717) is 31.9 Å². The minimum atomic E-state index is -4.47. The standard InChI is InChI=1S/C23H26F3N5O2/c24-23(25,26)18-4-2-1-3-16(18)13-28-21(32)17-10-12-31(14-17)20-8-7-19(29-30-20)22(33)27-11-9-15-5-6-15/h1-4,7-8,15,17H,5-6,9-14H2,(H,27,33)(H,28,32). The van der Waals surface area contributed by atoms with Crippen LogP contribution in [0.3, 0.4) is 0 Å². The van der Waals surface area contributed by atoms with Gasteiger partial charge in [0.25, 0.3) is 5.91 Å². The maximum absolute atomic E-state index is 13.1. The van der Waals surface area contributed by atoms with Gasteiger partial charge in [-0.1, -0.05) is 31.0 Å². The lowest BCUT2D eigenvalue weighted by Crippen LogP contribution is -2.33. The highest BCUT2D eigenvalue weighted by Crippen LogP contribution is 2.32. The number of amides is 2. The van der Waals surface area contributed by atoms with Gasteiger partial charge < -0.3 is 15.5 Å². The number of aromatic nitrogens is 2. The molecule has 2 amide bonds. The van der Waals surface area contributed by atoms with Gasteiger partial charge in [-0.3, -0.25) is 9.59 Å². The van der Waals surface area contributed by atoms with Crippen molar-refractivity contribution in [3.8, 4) is 0 Å². The van der Waals surface area contributed by atoms with Crippen LogP contribution < -0.4 is 15.5 Å². The molecule has 1 aromatic heterocycles. The van der Waals surface area contributed by atoms with Gasteiger partial charge in [-0.05, 0) is 42.5 Å². The molecule has 2 aliphatic rings. The van der Waals surface area contributed by atoms with E-state index < -0.39 is 11.7 Å². The molecular weight excluding hydrogens is 435 g/mol. The van der Waals surface area contributed by atoms with E-state index in [0.717, 1.165) is 18.4 Å². The fourth-order valence-electron chi connectivity index (χ4n) is 3.96. The first kappa shape index (κ1) is 23.0. The molecule has 0 radical (unpaired) electrons. The Balaban J connectivity index is 1.27. The summed E-state index contributed by atoms with van der Waals surface area (Å²) in [4.78, 5) is 26.6. The smallest absolute Gasteiger partial charge is 0.354 e. The molecule has 2 aromatic rings. The molecule has 2 N–H and O–H groups in total. The molecule has 1 saturated heterocycles. The zero-order valence-electron chi connectivity index (χ0n) is 18.1. The lowest BCUT2D eigenvalue weighted by atomic mass is 10.1. The third-order valence-electron chi connectivity index (χ3n) is 6.08. The fourth-order valence-corrected chi connectivity index (χ4v) is 3.96. The van der Waals surface area contributed by atoms with Crippen LogP contribution in [0.2, 0.25) is 0 Å². The number of carbonyl (C=O) groups excluding carboxylic acids is 2. The number of halogens is 3. The van der Waals surface area contributed by atoms with E-state index in [1.807, 2.05) is 4.90 Å². The van der Waals surface area contributed by atoms with Crippen molar-refractivity contribution in [1.82, 2.24) is 20.8 Å². The maximum Gasteiger partial charge on any atom is 0.416 e. The number of nitrogens with one attached hydrogen (secondary N) is 2. The Morgan fingerprint density at radius 1 is 1.03 bits per heavy atom. The van der Waals surface area contributed by atoms with E-state index in [4.69, 9.17) is 0 Å². The van der Waals surface area contributed by atoms with Crippen LogP contribution in [0.15, 0.2) is 36.4 Å². The lowest BCUT2D eigenvalue weighted by molar-refractivity contribution is -0.138. The van der Waals surface area contributed by atoms with Crippen LogP contribution in [-0.2, 0) is 17.5 Å². The summed E-state index contributed by atoms with van der Waals surface area (Å²) >= 11 is 0. The molecule has 33 heavy (non-hydrogen) atoms. The molecule has 7 nitrogen and oxygen atoms in total. The highest BCUT2D eigenvalue weighted by molar-refractivity contribution is 5.92. The molecule has 1 aliphatic carbocycles. The number of nitrogens with zero attached hydrogens (tertiary/aromatic N) is 3. The molecule has 10 heteroatoms. The van der Waals surface area contributed by atoms with Crippen LogP contribution in [0.4, 0.5) is 19.0 Å². The number of alkyl halides is 3. The minimum Gasteiger partial charge on any atom is -0.354 e. The van der Waals surface area contributed by atoms with Crippen LogP contribution in [-0.4, -0.2) is 41.6 Å². The number of anilines is 1. The molecular formula is C23H26F3N5O2. The first-order valence-electron chi connectivity index (χ1n) is 11.1. The van der Waals surface area contributed by atoms with Gasteiger partial charge >= 0.3 is 6.18 Å². The molecule has 1 saturated carbocycles. The van der Waals surface area contributed by atoms with Crippen LogP contribution in [0, 0.1) is 11.8 Å². The summed E-state index contributed by atoms with van der Waals surface area (Å²) in [5.74, 6) is 0.373. The second kappa shape index (κ2) is 9.76. The first-order chi connectivity index (χ1) is 15.8. The predicted octanol–water partition coefficient (Wildman–Crippen LogP) is 3.17. The van der Waals surface area contributed by atoms with Gasteiger partial charge in [-0.15, -0.1) is 10.2 Å². The second-order valence-corrected chi connectivity index (χ2v) is 8.57. The van der Waals surface area contributed by atoms with Crippen LogP contribution >= 0.6 is 0 Å². The molecule has 2 heterocycles. The van der Waals surface area contributed by atoms with Gasteiger partial charge in [-0.2, -0.15) is 13.2 Å². The Morgan fingerprint density at radius 2 is 1.82 bits per heavy atom. The molecule has 1 unspecified atom stereocenters. The highest BCUT2D eigenvalue weighted by Gasteiger charge is 2.34. The molecule has 2 fully saturated rings. The number of rotatable bonds is 8. The van der Waals surface area contributed by atoms with Gasteiger partial charge in [0.15, 0.2) is 11.5 Å².